The van der Waals surface area contributed by atoms with Gasteiger partial charge >= 0.3 is 0 Å². The lowest BCUT2D eigenvalue weighted by atomic mass is 10.1. The van der Waals surface area contributed by atoms with Crippen molar-refractivity contribution in [2.24, 2.45) is 0 Å². The van der Waals surface area contributed by atoms with Crippen molar-refractivity contribution in [3.63, 3.8) is 0 Å². The average molecular weight is 282 g/mol. The number of nitrogens with zero attached hydrogens (tertiary/aromatic N) is 2. The van der Waals surface area contributed by atoms with E-state index in [1.165, 1.54) is 5.56 Å². The molecule has 1 fully saturated rings. The molecule has 0 radical (unpaired) electrons. The lowest BCUT2D eigenvalue weighted by Gasteiger charge is -2.36. The van der Waals surface area contributed by atoms with E-state index in [1.54, 1.807) is 11.8 Å². The van der Waals surface area contributed by atoms with Crippen molar-refractivity contribution in [3.8, 4) is 0 Å². The van der Waals surface area contributed by atoms with Crippen LogP contribution in [-0.4, -0.2) is 51.5 Å². The molecule has 0 bridgehead atoms. The largest absolute Gasteiger partial charge is 0.395 e. The van der Waals surface area contributed by atoms with E-state index >= 15 is 0 Å². The molecule has 0 aromatic heterocycles. The quantitative estimate of drug-likeness (QED) is 0.831. The Morgan fingerprint density at radius 3 is 2.72 bits per heavy atom. The normalized spacial score (nSPS) is 17.2. The molecule has 1 aromatic carbocycles. The molecule has 0 spiro atoms. The average Bonchev–Trinajstić information content (AvgIpc) is 2.41. The van der Waals surface area contributed by atoms with Crippen molar-refractivity contribution >= 4 is 28.3 Å². The molecule has 1 aromatic rings. The number of β-amino-alcohol motifs (C(OH)–C–C–N with tert-alkyl or cyclic N) is 1. The summed E-state index contributed by atoms with van der Waals surface area (Å²) in [7, 11) is 0. The van der Waals surface area contributed by atoms with Gasteiger partial charge in [0.25, 0.3) is 0 Å². The van der Waals surface area contributed by atoms with Gasteiger partial charge in [0.15, 0.2) is 0 Å². The number of hydrogen-bond acceptors (Lipinski definition) is 4. The Kier molecular flexibility index (Phi) is 5.44. The molecular formula is C13H18N2OS2. The molecule has 3 nitrogen and oxygen atoms in total. The summed E-state index contributed by atoms with van der Waals surface area (Å²) in [6, 6.07) is 10.5. The lowest BCUT2D eigenvalue weighted by Crippen LogP contribution is -2.46. The predicted molar refractivity (Wildman–Crippen MR) is 80.6 cm³/mol. The third-order valence-electron chi connectivity index (χ3n) is 2.93. The van der Waals surface area contributed by atoms with Gasteiger partial charge in [0, 0.05) is 13.1 Å². The van der Waals surface area contributed by atoms with Gasteiger partial charge in [-0.05, 0) is 12.0 Å². The van der Waals surface area contributed by atoms with Crippen molar-refractivity contribution in [3.05, 3.63) is 35.9 Å². The fourth-order valence-corrected chi connectivity index (χ4v) is 3.07. The van der Waals surface area contributed by atoms with Gasteiger partial charge in [0.05, 0.1) is 19.2 Å². The third kappa shape index (κ3) is 3.95. The molecular weight excluding hydrogens is 264 g/mol. The fourth-order valence-electron chi connectivity index (χ4n) is 1.93. The first kappa shape index (κ1) is 13.8. The summed E-state index contributed by atoms with van der Waals surface area (Å²) in [5.41, 5.74) is 1.34. The van der Waals surface area contributed by atoms with E-state index in [0.717, 1.165) is 36.4 Å². The van der Waals surface area contributed by atoms with Crippen LogP contribution in [0.15, 0.2) is 30.3 Å². The molecule has 1 saturated heterocycles. The fraction of sp³-hybridized carbons (Fsp3) is 0.462. The second kappa shape index (κ2) is 7.09. The van der Waals surface area contributed by atoms with Crippen LogP contribution in [-0.2, 0) is 6.42 Å². The molecule has 1 heterocycles. The zero-order chi connectivity index (χ0) is 12.8. The SMILES string of the molecule is OCCN1CSC(=S)N(CCc2ccccc2)C1. The van der Waals surface area contributed by atoms with Gasteiger partial charge in [-0.2, -0.15) is 0 Å². The van der Waals surface area contributed by atoms with Gasteiger partial charge in [-0.15, -0.1) is 0 Å². The Labute approximate surface area is 118 Å². The highest BCUT2D eigenvalue weighted by molar-refractivity contribution is 8.22. The number of thiocarbonyl (C=S) groups is 1. The van der Waals surface area contributed by atoms with Crippen molar-refractivity contribution in [2.75, 3.05) is 32.2 Å². The maximum absolute atomic E-state index is 8.98. The number of aliphatic hydroxyl groups excluding tert-OH is 1. The molecule has 0 unspecified atom stereocenters. The Hall–Kier alpha value is -0.620. The maximum atomic E-state index is 8.98. The highest BCUT2D eigenvalue weighted by Crippen LogP contribution is 2.18. The van der Waals surface area contributed by atoms with Crippen LogP contribution >= 0.6 is 24.0 Å². The van der Waals surface area contributed by atoms with Crippen molar-refractivity contribution in [1.82, 2.24) is 9.80 Å². The Balaban J connectivity index is 1.85. The summed E-state index contributed by atoms with van der Waals surface area (Å²) in [4.78, 5) is 4.43. The van der Waals surface area contributed by atoms with Gasteiger partial charge in [0.2, 0.25) is 0 Å². The molecule has 2 rings (SSSR count). The molecule has 1 N–H and O–H groups in total. The van der Waals surface area contributed by atoms with Gasteiger partial charge in [-0.3, -0.25) is 4.90 Å². The number of rotatable bonds is 5. The minimum absolute atomic E-state index is 0.208. The van der Waals surface area contributed by atoms with Crippen LogP contribution in [0.25, 0.3) is 0 Å². The standard InChI is InChI=1S/C13H18N2OS2/c16-9-8-14-10-15(13(17)18-11-14)7-6-12-4-2-1-3-5-12/h1-5,16H,6-11H2. The van der Waals surface area contributed by atoms with Crippen LogP contribution < -0.4 is 0 Å². The van der Waals surface area contributed by atoms with Crippen LogP contribution in [0, 0.1) is 0 Å². The van der Waals surface area contributed by atoms with E-state index in [2.05, 4.69) is 34.1 Å². The first-order valence-electron chi connectivity index (χ1n) is 6.08. The van der Waals surface area contributed by atoms with Crippen LogP contribution in [0.4, 0.5) is 0 Å². The first-order chi connectivity index (χ1) is 8.79. The minimum Gasteiger partial charge on any atom is -0.395 e. The van der Waals surface area contributed by atoms with Crippen molar-refractivity contribution < 1.29 is 5.11 Å². The zero-order valence-electron chi connectivity index (χ0n) is 10.3. The maximum Gasteiger partial charge on any atom is 0.138 e. The van der Waals surface area contributed by atoms with Gasteiger partial charge in [-0.25, -0.2) is 0 Å². The van der Waals surface area contributed by atoms with Crippen LogP contribution in [0.1, 0.15) is 5.56 Å². The second-order valence-electron chi connectivity index (χ2n) is 4.30. The molecule has 18 heavy (non-hydrogen) atoms. The summed E-state index contributed by atoms with van der Waals surface area (Å²) in [6.07, 6.45) is 1.01. The van der Waals surface area contributed by atoms with Crippen LogP contribution in [0.3, 0.4) is 0 Å². The Morgan fingerprint density at radius 1 is 1.22 bits per heavy atom. The molecule has 0 aliphatic carbocycles. The van der Waals surface area contributed by atoms with E-state index in [9.17, 15) is 0 Å². The topological polar surface area (TPSA) is 26.7 Å². The molecule has 98 valence electrons. The van der Waals surface area contributed by atoms with E-state index in [4.69, 9.17) is 17.3 Å². The lowest BCUT2D eigenvalue weighted by molar-refractivity contribution is 0.168. The highest BCUT2D eigenvalue weighted by atomic mass is 32.2. The number of hydrogen-bond donors (Lipinski definition) is 1. The summed E-state index contributed by atoms with van der Waals surface area (Å²) >= 11 is 7.06. The van der Waals surface area contributed by atoms with Gasteiger partial charge in [0.1, 0.15) is 4.32 Å². The van der Waals surface area contributed by atoms with E-state index < -0.39 is 0 Å². The zero-order valence-corrected chi connectivity index (χ0v) is 11.9. The molecule has 0 atom stereocenters. The minimum atomic E-state index is 0.208. The predicted octanol–water partition coefficient (Wildman–Crippen LogP) is 1.77. The smallest absolute Gasteiger partial charge is 0.138 e. The molecule has 0 saturated carbocycles. The second-order valence-corrected chi connectivity index (χ2v) is 5.88. The van der Waals surface area contributed by atoms with Crippen molar-refractivity contribution in [2.45, 2.75) is 6.42 Å². The Morgan fingerprint density at radius 2 is 2.00 bits per heavy atom. The summed E-state index contributed by atoms with van der Waals surface area (Å²) in [5, 5.41) is 8.98. The summed E-state index contributed by atoms with van der Waals surface area (Å²) < 4.78 is 0.972. The number of benzene rings is 1. The summed E-state index contributed by atoms with van der Waals surface area (Å²) in [6.45, 7) is 2.70. The third-order valence-corrected chi connectivity index (χ3v) is 4.54. The van der Waals surface area contributed by atoms with Crippen LogP contribution in [0.2, 0.25) is 0 Å². The van der Waals surface area contributed by atoms with Crippen molar-refractivity contribution in [1.29, 1.82) is 0 Å². The number of thioether (sulfide) groups is 1. The van der Waals surface area contributed by atoms with Gasteiger partial charge < -0.3 is 10.0 Å². The van der Waals surface area contributed by atoms with E-state index in [-0.39, 0.29) is 6.61 Å². The molecule has 0 amide bonds. The Bertz CT molecular complexity index is 386. The van der Waals surface area contributed by atoms with Gasteiger partial charge in [-0.1, -0.05) is 54.3 Å². The molecule has 1 aliphatic heterocycles. The van der Waals surface area contributed by atoms with E-state index in [0.29, 0.717) is 0 Å². The van der Waals surface area contributed by atoms with Crippen LogP contribution in [0.5, 0.6) is 0 Å². The molecule has 1 aliphatic rings. The monoisotopic (exact) mass is 282 g/mol. The molecule has 5 heteroatoms. The highest BCUT2D eigenvalue weighted by Gasteiger charge is 2.20. The summed E-state index contributed by atoms with van der Waals surface area (Å²) in [5.74, 6) is 0.890. The number of aliphatic hydroxyl groups is 1. The first-order valence-corrected chi connectivity index (χ1v) is 7.48. The van der Waals surface area contributed by atoms with E-state index in [1.807, 2.05) is 6.07 Å².